The van der Waals surface area contributed by atoms with Gasteiger partial charge in [-0.15, -0.1) is 0 Å². The van der Waals surface area contributed by atoms with Crippen LogP contribution in [0.3, 0.4) is 0 Å². The Labute approximate surface area is 176 Å². The number of hydrogen-bond acceptors (Lipinski definition) is 4. The summed E-state index contributed by atoms with van der Waals surface area (Å²) in [6, 6.07) is 0. The van der Waals surface area contributed by atoms with Gasteiger partial charge in [0.1, 0.15) is 12.1 Å². The van der Waals surface area contributed by atoms with Gasteiger partial charge in [0.05, 0.1) is 0 Å². The van der Waals surface area contributed by atoms with Crippen molar-refractivity contribution in [3.8, 4) is 0 Å². The molecule has 0 aromatic rings. The van der Waals surface area contributed by atoms with Gasteiger partial charge in [0.2, 0.25) is 5.91 Å². The number of rotatable bonds is 6. The summed E-state index contributed by atoms with van der Waals surface area (Å²) < 4.78 is 5.49. The number of carbonyl (C=O) groups excluding carboxylic acids is 2. The van der Waals surface area contributed by atoms with Crippen LogP contribution >= 0.6 is 0 Å². The lowest BCUT2D eigenvalue weighted by molar-refractivity contribution is -0.121. The molecule has 0 spiro atoms. The Morgan fingerprint density at radius 1 is 1.14 bits per heavy atom. The van der Waals surface area contributed by atoms with Crippen LogP contribution in [0.1, 0.15) is 67.7 Å². The maximum atomic E-state index is 12.3. The van der Waals surface area contributed by atoms with E-state index >= 15 is 0 Å². The van der Waals surface area contributed by atoms with E-state index in [2.05, 4.69) is 20.9 Å². The molecule has 1 aliphatic heterocycles. The van der Waals surface area contributed by atoms with Crippen LogP contribution in [-0.4, -0.2) is 66.7 Å². The highest BCUT2D eigenvalue weighted by atomic mass is 16.6. The molecule has 1 fully saturated rings. The lowest BCUT2D eigenvalue weighted by Gasteiger charge is -2.34. The molecule has 8 nitrogen and oxygen atoms in total. The number of nitrogens with zero attached hydrogens (tertiary/aromatic N) is 2. The highest BCUT2D eigenvalue weighted by Crippen LogP contribution is 2.21. The van der Waals surface area contributed by atoms with Crippen molar-refractivity contribution in [2.75, 3.05) is 32.7 Å². The molecular weight excluding hydrogens is 370 g/mol. The molecule has 3 N–H and O–H groups in total. The maximum absolute atomic E-state index is 12.3. The average molecular weight is 412 g/mol. The predicted molar refractivity (Wildman–Crippen MR) is 117 cm³/mol. The van der Waals surface area contributed by atoms with E-state index in [0.717, 1.165) is 45.4 Å². The van der Waals surface area contributed by atoms with E-state index in [1.54, 1.807) is 0 Å². The summed E-state index contributed by atoms with van der Waals surface area (Å²) in [5, 5.41) is 9.36. The molecule has 0 aromatic heterocycles. The standard InChI is InChI=1S/C21H41N5O3/c1-8-22-18(24-14-17(27)25-20(2,3)4)23-12-11-16-10-9-13-26(15-16)19(28)29-21(5,6)7/h16H,8-15H2,1-7H3,(H,25,27)(H2,22,23,24). The van der Waals surface area contributed by atoms with Crippen molar-refractivity contribution in [3.05, 3.63) is 0 Å². The van der Waals surface area contributed by atoms with Crippen molar-refractivity contribution in [2.24, 2.45) is 10.9 Å². The van der Waals surface area contributed by atoms with Crippen LogP contribution in [0.4, 0.5) is 4.79 Å². The Bertz CT molecular complexity index is 564. The van der Waals surface area contributed by atoms with Gasteiger partial charge >= 0.3 is 6.09 Å². The largest absolute Gasteiger partial charge is 0.444 e. The van der Waals surface area contributed by atoms with Crippen LogP contribution in [0.5, 0.6) is 0 Å². The molecule has 1 aliphatic rings. The van der Waals surface area contributed by atoms with Gasteiger partial charge in [-0.1, -0.05) is 0 Å². The molecule has 1 unspecified atom stereocenters. The minimum Gasteiger partial charge on any atom is -0.444 e. The first-order chi connectivity index (χ1) is 13.4. The number of guanidine groups is 1. The smallest absolute Gasteiger partial charge is 0.410 e. The molecule has 1 saturated heterocycles. The number of aliphatic imine (C=N–C) groups is 1. The third kappa shape index (κ3) is 11.6. The van der Waals surface area contributed by atoms with Gasteiger partial charge < -0.3 is 25.6 Å². The van der Waals surface area contributed by atoms with E-state index in [-0.39, 0.29) is 24.1 Å². The van der Waals surface area contributed by atoms with Crippen molar-refractivity contribution in [3.63, 3.8) is 0 Å². The van der Waals surface area contributed by atoms with Crippen molar-refractivity contribution < 1.29 is 14.3 Å². The highest BCUT2D eigenvalue weighted by molar-refractivity contribution is 5.85. The fourth-order valence-corrected chi connectivity index (χ4v) is 3.14. The van der Waals surface area contributed by atoms with Gasteiger partial charge in [-0.2, -0.15) is 0 Å². The number of ether oxygens (including phenoxy) is 1. The van der Waals surface area contributed by atoms with Crippen molar-refractivity contribution in [1.29, 1.82) is 0 Å². The van der Waals surface area contributed by atoms with Crippen LogP contribution in [0.2, 0.25) is 0 Å². The van der Waals surface area contributed by atoms with E-state index in [1.807, 2.05) is 53.4 Å². The van der Waals surface area contributed by atoms with E-state index in [1.165, 1.54) is 0 Å². The van der Waals surface area contributed by atoms with Gasteiger partial charge in [-0.25, -0.2) is 9.79 Å². The molecule has 8 heteroatoms. The Morgan fingerprint density at radius 3 is 2.41 bits per heavy atom. The number of hydrogen-bond donors (Lipinski definition) is 3. The Hall–Kier alpha value is -1.99. The predicted octanol–water partition coefficient (Wildman–Crippen LogP) is 2.49. The average Bonchev–Trinajstić information content (AvgIpc) is 2.57. The number of likely N-dealkylation sites (tertiary alicyclic amines) is 1. The zero-order valence-electron chi connectivity index (χ0n) is 19.4. The zero-order valence-corrected chi connectivity index (χ0v) is 19.4. The topological polar surface area (TPSA) is 95.1 Å². The molecule has 0 aliphatic carbocycles. The normalized spacial score (nSPS) is 18.2. The van der Waals surface area contributed by atoms with E-state index in [9.17, 15) is 9.59 Å². The van der Waals surface area contributed by atoms with Crippen molar-refractivity contribution in [2.45, 2.75) is 78.9 Å². The summed E-state index contributed by atoms with van der Waals surface area (Å²) in [5.74, 6) is 0.960. The minimum atomic E-state index is -0.470. The van der Waals surface area contributed by atoms with Gasteiger partial charge in [-0.3, -0.25) is 4.79 Å². The number of nitrogens with one attached hydrogen (secondary N) is 3. The third-order valence-electron chi connectivity index (χ3n) is 4.26. The molecule has 0 aromatic carbocycles. The van der Waals surface area contributed by atoms with Crippen LogP contribution in [0.15, 0.2) is 4.99 Å². The Kier molecular flexibility index (Phi) is 9.73. The molecule has 0 bridgehead atoms. The van der Waals surface area contributed by atoms with Gasteiger partial charge in [0, 0.05) is 31.7 Å². The Morgan fingerprint density at radius 2 is 1.83 bits per heavy atom. The lowest BCUT2D eigenvalue weighted by Crippen LogP contribution is -2.44. The first-order valence-corrected chi connectivity index (χ1v) is 10.7. The van der Waals surface area contributed by atoms with Gasteiger partial charge in [-0.05, 0) is 73.6 Å². The number of piperidine rings is 1. The van der Waals surface area contributed by atoms with Crippen molar-refractivity contribution in [1.82, 2.24) is 20.9 Å². The molecule has 1 heterocycles. The van der Waals surface area contributed by atoms with Crippen LogP contribution in [-0.2, 0) is 9.53 Å². The van der Waals surface area contributed by atoms with E-state index < -0.39 is 5.60 Å². The molecule has 0 radical (unpaired) electrons. The molecule has 1 rings (SSSR count). The molecular formula is C21H41N5O3. The van der Waals surface area contributed by atoms with E-state index in [0.29, 0.717) is 11.9 Å². The quantitative estimate of drug-likeness (QED) is 0.461. The second-order valence-electron chi connectivity index (χ2n) is 9.64. The first kappa shape index (κ1) is 25.0. The number of amides is 2. The van der Waals surface area contributed by atoms with Gasteiger partial charge in [0.15, 0.2) is 5.96 Å². The Balaban J connectivity index is 2.46. The summed E-state index contributed by atoms with van der Waals surface area (Å²) in [5.41, 5.74) is -0.735. The fourth-order valence-electron chi connectivity index (χ4n) is 3.14. The molecule has 29 heavy (non-hydrogen) atoms. The van der Waals surface area contributed by atoms with E-state index in [4.69, 9.17) is 4.74 Å². The van der Waals surface area contributed by atoms with Crippen LogP contribution in [0, 0.1) is 5.92 Å². The second kappa shape index (κ2) is 11.3. The second-order valence-corrected chi connectivity index (χ2v) is 9.64. The highest BCUT2D eigenvalue weighted by Gasteiger charge is 2.27. The molecule has 0 saturated carbocycles. The van der Waals surface area contributed by atoms with Crippen LogP contribution in [0.25, 0.3) is 0 Å². The third-order valence-corrected chi connectivity index (χ3v) is 4.26. The molecule has 2 amide bonds. The zero-order chi connectivity index (χ0) is 22.1. The van der Waals surface area contributed by atoms with Gasteiger partial charge in [0.25, 0.3) is 0 Å². The maximum Gasteiger partial charge on any atom is 0.410 e. The summed E-state index contributed by atoms with van der Waals surface area (Å²) in [4.78, 5) is 30.4. The molecule has 168 valence electrons. The summed E-state index contributed by atoms with van der Waals surface area (Å²) in [7, 11) is 0. The number of carbonyl (C=O) groups is 2. The monoisotopic (exact) mass is 411 g/mol. The molecule has 1 atom stereocenters. The summed E-state index contributed by atoms with van der Waals surface area (Å²) in [6.07, 6.45) is 2.79. The van der Waals surface area contributed by atoms with Crippen LogP contribution < -0.4 is 16.0 Å². The fraction of sp³-hybridized carbons (Fsp3) is 0.857. The lowest BCUT2D eigenvalue weighted by atomic mass is 9.95. The summed E-state index contributed by atoms with van der Waals surface area (Å²) in [6.45, 7) is 16.5. The first-order valence-electron chi connectivity index (χ1n) is 10.7. The SMILES string of the molecule is CCNC(=NCC(=O)NC(C)(C)C)NCCC1CCCN(C(=O)OC(C)(C)C)C1. The summed E-state index contributed by atoms with van der Waals surface area (Å²) >= 11 is 0. The van der Waals surface area contributed by atoms with Crippen molar-refractivity contribution >= 4 is 18.0 Å². The minimum absolute atomic E-state index is 0.0858.